The predicted octanol–water partition coefficient (Wildman–Crippen LogP) is 1.21. The second kappa shape index (κ2) is 4.04. The van der Waals surface area contributed by atoms with E-state index in [4.69, 9.17) is 0 Å². The lowest BCUT2D eigenvalue weighted by atomic mass is 9.99. The average molecular weight is 228 g/mol. The minimum absolute atomic E-state index is 0.00838. The number of carbonyl (C=O) groups is 2. The lowest BCUT2D eigenvalue weighted by Crippen LogP contribution is -2.47. The van der Waals surface area contributed by atoms with Crippen LogP contribution < -0.4 is 5.32 Å². The maximum atomic E-state index is 12.1. The van der Waals surface area contributed by atoms with Crippen molar-refractivity contribution in [3.63, 3.8) is 0 Å². The highest BCUT2D eigenvalue weighted by Gasteiger charge is 2.52. The van der Waals surface area contributed by atoms with Crippen LogP contribution in [-0.2, 0) is 4.79 Å². The summed E-state index contributed by atoms with van der Waals surface area (Å²) in [6.07, 6.45) is 2.67. The van der Waals surface area contributed by atoms with Gasteiger partial charge in [-0.2, -0.15) is 11.8 Å². The molecule has 0 radical (unpaired) electrons. The van der Waals surface area contributed by atoms with Crippen molar-refractivity contribution in [2.75, 3.05) is 18.1 Å². The molecule has 0 saturated carbocycles. The molecule has 2 saturated heterocycles. The van der Waals surface area contributed by atoms with E-state index >= 15 is 0 Å². The summed E-state index contributed by atoms with van der Waals surface area (Å²) in [5.41, 5.74) is -0.560. The standard InChI is InChI=1S/C10H16N2O2S/c1-2-3-5-12-8(13)10(11-9(12)14)4-6-15-7-10/h2-7H2,1H3,(H,11,14)/t10-/m0/s1. The van der Waals surface area contributed by atoms with Gasteiger partial charge in [0.05, 0.1) is 0 Å². The van der Waals surface area contributed by atoms with Gasteiger partial charge in [0, 0.05) is 12.3 Å². The number of rotatable bonds is 3. The van der Waals surface area contributed by atoms with E-state index in [1.54, 1.807) is 11.8 Å². The van der Waals surface area contributed by atoms with Gasteiger partial charge in [0.15, 0.2) is 0 Å². The van der Waals surface area contributed by atoms with E-state index in [1.807, 2.05) is 0 Å². The highest BCUT2D eigenvalue weighted by Crippen LogP contribution is 2.33. The van der Waals surface area contributed by atoms with E-state index in [1.165, 1.54) is 4.90 Å². The van der Waals surface area contributed by atoms with Gasteiger partial charge in [0.2, 0.25) is 0 Å². The zero-order valence-corrected chi connectivity index (χ0v) is 9.73. The molecule has 4 nitrogen and oxygen atoms in total. The Kier molecular flexibility index (Phi) is 2.91. The molecular formula is C10H16N2O2S. The summed E-state index contributed by atoms with van der Waals surface area (Å²) in [7, 11) is 0. The third-order valence-corrected chi connectivity index (χ3v) is 4.19. The summed E-state index contributed by atoms with van der Waals surface area (Å²) in [6, 6.07) is -0.198. The van der Waals surface area contributed by atoms with Crippen molar-refractivity contribution in [2.24, 2.45) is 0 Å². The van der Waals surface area contributed by atoms with Gasteiger partial charge in [-0.15, -0.1) is 0 Å². The number of thioether (sulfide) groups is 1. The quantitative estimate of drug-likeness (QED) is 0.739. The first-order valence-electron chi connectivity index (χ1n) is 5.41. The fraction of sp³-hybridized carbons (Fsp3) is 0.800. The molecule has 1 atom stereocenters. The molecule has 0 aromatic rings. The van der Waals surface area contributed by atoms with Crippen LogP contribution in [0.5, 0.6) is 0 Å². The number of carbonyl (C=O) groups excluding carboxylic acids is 2. The normalized spacial score (nSPS) is 30.3. The largest absolute Gasteiger partial charge is 0.325 e. The van der Waals surface area contributed by atoms with Crippen molar-refractivity contribution in [3.05, 3.63) is 0 Å². The van der Waals surface area contributed by atoms with Crippen LogP contribution in [0.4, 0.5) is 4.79 Å². The van der Waals surface area contributed by atoms with Gasteiger partial charge in [-0.1, -0.05) is 13.3 Å². The SMILES string of the molecule is CCCCN1C(=O)N[C@]2(CCSC2)C1=O. The molecule has 0 aromatic heterocycles. The van der Waals surface area contributed by atoms with Crippen LogP contribution in [-0.4, -0.2) is 40.4 Å². The highest BCUT2D eigenvalue weighted by atomic mass is 32.2. The lowest BCUT2D eigenvalue weighted by molar-refractivity contribution is -0.130. The summed E-state index contributed by atoms with van der Waals surface area (Å²) < 4.78 is 0. The summed E-state index contributed by atoms with van der Waals surface area (Å²) >= 11 is 1.74. The van der Waals surface area contributed by atoms with Crippen molar-refractivity contribution >= 4 is 23.7 Å². The number of nitrogens with zero attached hydrogens (tertiary/aromatic N) is 1. The van der Waals surface area contributed by atoms with Crippen molar-refractivity contribution in [1.29, 1.82) is 0 Å². The minimum atomic E-state index is -0.560. The predicted molar refractivity (Wildman–Crippen MR) is 59.8 cm³/mol. The number of hydrogen-bond acceptors (Lipinski definition) is 3. The van der Waals surface area contributed by atoms with Crippen LogP contribution in [0.3, 0.4) is 0 Å². The van der Waals surface area contributed by atoms with Crippen LogP contribution in [0.2, 0.25) is 0 Å². The number of amides is 3. The Morgan fingerprint density at radius 3 is 2.93 bits per heavy atom. The molecule has 1 spiro atoms. The first-order valence-corrected chi connectivity index (χ1v) is 6.57. The first kappa shape index (κ1) is 10.8. The molecule has 2 rings (SSSR count). The highest BCUT2D eigenvalue weighted by molar-refractivity contribution is 7.99. The zero-order chi connectivity index (χ0) is 10.9. The molecule has 0 unspecified atom stereocenters. The fourth-order valence-corrected chi connectivity index (χ4v) is 3.35. The lowest BCUT2D eigenvalue weighted by Gasteiger charge is -2.19. The van der Waals surface area contributed by atoms with Crippen molar-refractivity contribution in [2.45, 2.75) is 31.7 Å². The maximum absolute atomic E-state index is 12.1. The van der Waals surface area contributed by atoms with Crippen LogP contribution in [0.1, 0.15) is 26.2 Å². The molecule has 15 heavy (non-hydrogen) atoms. The van der Waals surface area contributed by atoms with Crippen LogP contribution in [0, 0.1) is 0 Å². The Morgan fingerprint density at radius 1 is 1.53 bits per heavy atom. The Hall–Kier alpha value is -0.710. The molecule has 0 aliphatic carbocycles. The fourth-order valence-electron chi connectivity index (χ4n) is 2.03. The number of urea groups is 1. The topological polar surface area (TPSA) is 49.4 Å². The molecular weight excluding hydrogens is 212 g/mol. The van der Waals surface area contributed by atoms with Gasteiger partial charge in [0.1, 0.15) is 5.54 Å². The second-order valence-electron chi connectivity index (χ2n) is 4.13. The Bertz CT molecular complexity index is 287. The smallest absolute Gasteiger partial charge is 0.322 e. The molecule has 3 amide bonds. The number of unbranched alkanes of at least 4 members (excludes halogenated alkanes) is 1. The van der Waals surface area contributed by atoms with E-state index < -0.39 is 5.54 Å². The monoisotopic (exact) mass is 228 g/mol. The van der Waals surface area contributed by atoms with Gasteiger partial charge in [-0.3, -0.25) is 9.69 Å². The molecule has 5 heteroatoms. The number of hydrogen-bond donors (Lipinski definition) is 1. The van der Waals surface area contributed by atoms with E-state index in [2.05, 4.69) is 12.2 Å². The van der Waals surface area contributed by atoms with Gasteiger partial charge < -0.3 is 5.32 Å². The summed E-state index contributed by atoms with van der Waals surface area (Å²) in [6.45, 7) is 2.62. The van der Waals surface area contributed by atoms with Crippen LogP contribution in [0.15, 0.2) is 0 Å². The van der Waals surface area contributed by atoms with Gasteiger partial charge >= 0.3 is 6.03 Å². The summed E-state index contributed by atoms with van der Waals surface area (Å²) in [4.78, 5) is 25.1. The van der Waals surface area contributed by atoms with Crippen molar-refractivity contribution in [1.82, 2.24) is 10.2 Å². The molecule has 0 bridgehead atoms. The average Bonchev–Trinajstić information content (AvgIpc) is 2.75. The molecule has 2 aliphatic rings. The second-order valence-corrected chi connectivity index (χ2v) is 5.23. The van der Waals surface area contributed by atoms with Crippen molar-refractivity contribution < 1.29 is 9.59 Å². The summed E-state index contributed by atoms with van der Waals surface area (Å²) in [5.74, 6) is 1.69. The Balaban J connectivity index is 2.08. The molecule has 1 N–H and O–H groups in total. The minimum Gasteiger partial charge on any atom is -0.322 e. The number of nitrogens with one attached hydrogen (secondary N) is 1. The molecule has 2 fully saturated rings. The van der Waals surface area contributed by atoms with E-state index in [0.29, 0.717) is 6.54 Å². The van der Waals surface area contributed by atoms with Crippen LogP contribution in [0.25, 0.3) is 0 Å². The third kappa shape index (κ3) is 1.73. The van der Waals surface area contributed by atoms with Gasteiger partial charge in [-0.05, 0) is 18.6 Å². The molecule has 2 heterocycles. The van der Waals surface area contributed by atoms with E-state index in [0.717, 1.165) is 30.8 Å². The van der Waals surface area contributed by atoms with E-state index in [9.17, 15) is 9.59 Å². The Labute approximate surface area is 93.8 Å². The zero-order valence-electron chi connectivity index (χ0n) is 8.91. The summed E-state index contributed by atoms with van der Waals surface area (Å²) in [5, 5.41) is 2.85. The van der Waals surface area contributed by atoms with E-state index in [-0.39, 0.29) is 11.9 Å². The first-order chi connectivity index (χ1) is 7.19. The molecule has 84 valence electrons. The molecule has 2 aliphatic heterocycles. The maximum Gasteiger partial charge on any atom is 0.325 e. The van der Waals surface area contributed by atoms with Gasteiger partial charge in [-0.25, -0.2) is 4.79 Å². The number of imide groups is 1. The van der Waals surface area contributed by atoms with Gasteiger partial charge in [0.25, 0.3) is 5.91 Å². The third-order valence-electron chi connectivity index (χ3n) is 3.00. The Morgan fingerprint density at radius 2 is 2.33 bits per heavy atom. The van der Waals surface area contributed by atoms with Crippen molar-refractivity contribution in [3.8, 4) is 0 Å². The van der Waals surface area contributed by atoms with Crippen LogP contribution >= 0.6 is 11.8 Å². The molecule has 0 aromatic carbocycles.